The molecule has 0 aliphatic carbocycles. The summed E-state index contributed by atoms with van der Waals surface area (Å²) in [7, 11) is 0. The lowest BCUT2D eigenvalue weighted by Gasteiger charge is -1.97. The molecule has 1 aromatic rings. The molecule has 13 heavy (non-hydrogen) atoms. The molecule has 0 atom stereocenters. The van der Waals surface area contributed by atoms with E-state index in [2.05, 4.69) is 10.2 Å². The van der Waals surface area contributed by atoms with Crippen molar-refractivity contribution in [3.63, 3.8) is 0 Å². The van der Waals surface area contributed by atoms with E-state index in [9.17, 15) is 4.91 Å². The van der Waals surface area contributed by atoms with Crippen molar-refractivity contribution in [1.29, 1.82) is 0 Å². The first-order chi connectivity index (χ1) is 6.13. The van der Waals surface area contributed by atoms with Gasteiger partial charge in [-0.05, 0) is 24.2 Å². The van der Waals surface area contributed by atoms with Gasteiger partial charge in [0.05, 0.1) is 12.0 Å². The first-order valence-corrected chi connectivity index (χ1v) is 3.87. The summed E-state index contributed by atoms with van der Waals surface area (Å²) in [6.45, 7) is 1.49. The SMILES string of the molecule is C/C(O)=C/c1cc(Cl)ncc1N=O. The molecule has 0 spiro atoms. The number of allylic oxidation sites excluding steroid dienone is 1. The zero-order chi connectivity index (χ0) is 9.84. The fraction of sp³-hybridized carbons (Fsp3) is 0.125. The highest BCUT2D eigenvalue weighted by atomic mass is 35.5. The van der Waals surface area contributed by atoms with Crippen molar-refractivity contribution in [2.75, 3.05) is 0 Å². The van der Waals surface area contributed by atoms with Gasteiger partial charge < -0.3 is 5.11 Å². The molecule has 0 aliphatic rings. The summed E-state index contributed by atoms with van der Waals surface area (Å²) in [6, 6.07) is 1.46. The molecule has 0 aliphatic heterocycles. The molecular weight excluding hydrogens is 192 g/mol. The molecule has 0 amide bonds. The maximum atomic E-state index is 10.3. The first-order valence-electron chi connectivity index (χ1n) is 3.49. The Balaban J connectivity index is 3.23. The second-order valence-electron chi connectivity index (χ2n) is 2.44. The lowest BCUT2D eigenvalue weighted by atomic mass is 10.2. The fourth-order valence-electron chi connectivity index (χ4n) is 0.854. The Kier molecular flexibility index (Phi) is 2.97. The number of rotatable bonds is 2. The maximum Gasteiger partial charge on any atom is 0.133 e. The predicted molar refractivity (Wildman–Crippen MR) is 51.0 cm³/mol. The van der Waals surface area contributed by atoms with Crippen LogP contribution in [0.25, 0.3) is 6.08 Å². The zero-order valence-electron chi connectivity index (χ0n) is 6.86. The second kappa shape index (κ2) is 4.00. The molecule has 4 nitrogen and oxygen atoms in total. The minimum atomic E-state index is 0.0761. The van der Waals surface area contributed by atoms with Gasteiger partial charge in [0, 0.05) is 5.56 Å². The molecular formula is C8H7ClN2O2. The normalized spacial score (nSPS) is 11.4. The quantitative estimate of drug-likeness (QED) is 0.451. The summed E-state index contributed by atoms with van der Waals surface area (Å²) in [5.74, 6) is 0.0761. The minimum absolute atomic E-state index is 0.0761. The van der Waals surface area contributed by atoms with E-state index < -0.39 is 0 Å². The highest BCUT2D eigenvalue weighted by Crippen LogP contribution is 2.22. The molecule has 0 unspecified atom stereocenters. The van der Waals surface area contributed by atoms with E-state index in [0.29, 0.717) is 5.56 Å². The molecule has 0 radical (unpaired) electrons. The van der Waals surface area contributed by atoms with Crippen molar-refractivity contribution in [2.45, 2.75) is 6.92 Å². The lowest BCUT2D eigenvalue weighted by Crippen LogP contribution is -1.80. The fourth-order valence-corrected chi connectivity index (χ4v) is 1.02. The monoisotopic (exact) mass is 198 g/mol. The van der Waals surface area contributed by atoms with Crippen LogP contribution in [0.2, 0.25) is 5.15 Å². The number of pyridine rings is 1. The van der Waals surface area contributed by atoms with Crippen LogP contribution < -0.4 is 0 Å². The lowest BCUT2D eigenvalue weighted by molar-refractivity contribution is 0.420. The van der Waals surface area contributed by atoms with Crippen LogP contribution in [-0.2, 0) is 0 Å². The molecule has 1 aromatic heterocycles. The van der Waals surface area contributed by atoms with Crippen molar-refractivity contribution >= 4 is 23.4 Å². The van der Waals surface area contributed by atoms with Crippen LogP contribution in [0.3, 0.4) is 0 Å². The first kappa shape index (κ1) is 9.67. The average molecular weight is 199 g/mol. The van der Waals surface area contributed by atoms with Gasteiger partial charge in [-0.1, -0.05) is 11.6 Å². The molecule has 1 N–H and O–H groups in total. The van der Waals surface area contributed by atoms with Gasteiger partial charge in [0.15, 0.2) is 0 Å². The molecule has 0 bridgehead atoms. The van der Waals surface area contributed by atoms with Crippen LogP contribution in [-0.4, -0.2) is 10.1 Å². The van der Waals surface area contributed by atoms with Crippen LogP contribution in [0, 0.1) is 4.91 Å². The Morgan fingerprint density at radius 2 is 2.46 bits per heavy atom. The van der Waals surface area contributed by atoms with Gasteiger partial charge in [-0.3, -0.25) is 0 Å². The van der Waals surface area contributed by atoms with E-state index in [1.54, 1.807) is 0 Å². The van der Waals surface area contributed by atoms with Crippen LogP contribution >= 0.6 is 11.6 Å². The smallest absolute Gasteiger partial charge is 0.133 e. The van der Waals surface area contributed by atoms with Crippen molar-refractivity contribution in [3.8, 4) is 0 Å². The Labute approximate surface area is 79.8 Å². The zero-order valence-corrected chi connectivity index (χ0v) is 7.62. The number of nitroso groups, excluding NO2 is 1. The largest absolute Gasteiger partial charge is 0.513 e. The van der Waals surface area contributed by atoms with Gasteiger partial charge >= 0.3 is 0 Å². The third kappa shape index (κ3) is 2.52. The number of aliphatic hydroxyl groups excluding tert-OH is 1. The third-order valence-electron chi connectivity index (χ3n) is 1.34. The van der Waals surface area contributed by atoms with Gasteiger partial charge in [-0.15, -0.1) is 4.91 Å². The van der Waals surface area contributed by atoms with Crippen molar-refractivity contribution in [2.24, 2.45) is 5.18 Å². The summed E-state index contributed by atoms with van der Waals surface area (Å²) in [4.78, 5) is 14.0. The molecule has 1 rings (SSSR count). The molecule has 0 saturated heterocycles. The Morgan fingerprint density at radius 1 is 1.77 bits per heavy atom. The Morgan fingerprint density at radius 3 is 3.00 bits per heavy atom. The van der Waals surface area contributed by atoms with E-state index in [1.165, 1.54) is 25.3 Å². The molecule has 68 valence electrons. The number of nitrogens with zero attached hydrogens (tertiary/aromatic N) is 2. The van der Waals surface area contributed by atoms with E-state index in [1.807, 2.05) is 0 Å². The molecule has 0 aromatic carbocycles. The van der Waals surface area contributed by atoms with Crippen molar-refractivity contribution in [1.82, 2.24) is 4.98 Å². The van der Waals surface area contributed by atoms with E-state index in [4.69, 9.17) is 16.7 Å². The highest BCUT2D eigenvalue weighted by Gasteiger charge is 2.02. The van der Waals surface area contributed by atoms with Gasteiger partial charge in [0.25, 0.3) is 0 Å². The highest BCUT2D eigenvalue weighted by molar-refractivity contribution is 6.29. The minimum Gasteiger partial charge on any atom is -0.513 e. The average Bonchev–Trinajstić information content (AvgIpc) is 2.03. The van der Waals surface area contributed by atoms with Crippen LogP contribution in [0.1, 0.15) is 12.5 Å². The van der Waals surface area contributed by atoms with Crippen LogP contribution in [0.4, 0.5) is 5.69 Å². The van der Waals surface area contributed by atoms with Gasteiger partial charge in [0.2, 0.25) is 0 Å². The second-order valence-corrected chi connectivity index (χ2v) is 2.83. The number of halogens is 1. The maximum absolute atomic E-state index is 10.3. The van der Waals surface area contributed by atoms with Gasteiger partial charge in [-0.2, -0.15) is 0 Å². The standard InChI is InChI=1S/C8H7ClN2O2/c1-5(12)2-6-3-8(9)10-4-7(6)11-13/h2-4,12H,1H3/b5-2-. The summed E-state index contributed by atoms with van der Waals surface area (Å²) in [6.07, 6.45) is 2.65. The summed E-state index contributed by atoms with van der Waals surface area (Å²) >= 11 is 5.59. The van der Waals surface area contributed by atoms with Crippen molar-refractivity contribution < 1.29 is 5.11 Å². The molecule has 1 heterocycles. The van der Waals surface area contributed by atoms with Crippen LogP contribution in [0.15, 0.2) is 23.2 Å². The Bertz CT molecular complexity index is 359. The molecule has 0 saturated carbocycles. The number of aliphatic hydroxyl groups is 1. The van der Waals surface area contributed by atoms with Crippen molar-refractivity contribution in [3.05, 3.63) is 33.6 Å². The number of hydrogen-bond acceptors (Lipinski definition) is 4. The third-order valence-corrected chi connectivity index (χ3v) is 1.55. The summed E-state index contributed by atoms with van der Waals surface area (Å²) < 4.78 is 0. The van der Waals surface area contributed by atoms with Gasteiger partial charge in [-0.25, -0.2) is 4.98 Å². The van der Waals surface area contributed by atoms with E-state index in [0.717, 1.165) is 0 Å². The molecule has 0 fully saturated rings. The molecule has 5 heteroatoms. The van der Waals surface area contributed by atoms with Gasteiger partial charge in [0.1, 0.15) is 10.8 Å². The topological polar surface area (TPSA) is 62.6 Å². The summed E-state index contributed by atoms with van der Waals surface area (Å²) in [5, 5.41) is 12.0. The van der Waals surface area contributed by atoms with Crippen LogP contribution in [0.5, 0.6) is 0 Å². The Hall–Kier alpha value is -1.42. The number of hydrogen-bond donors (Lipinski definition) is 1. The number of aromatic nitrogens is 1. The predicted octanol–water partition coefficient (Wildman–Crippen LogP) is 3.05. The van der Waals surface area contributed by atoms with E-state index in [-0.39, 0.29) is 16.6 Å². The van der Waals surface area contributed by atoms with E-state index >= 15 is 0 Å². The summed E-state index contributed by atoms with van der Waals surface area (Å²) in [5.41, 5.74) is 0.604.